The van der Waals surface area contributed by atoms with E-state index in [1.54, 1.807) is 7.11 Å². The van der Waals surface area contributed by atoms with E-state index < -0.39 is 0 Å². The lowest BCUT2D eigenvalue weighted by Crippen LogP contribution is -2.55. The minimum Gasteiger partial charge on any atom is -0.496 e. The molecule has 0 saturated carbocycles. The zero-order chi connectivity index (χ0) is 21.8. The Hall–Kier alpha value is -1.75. The van der Waals surface area contributed by atoms with E-state index in [0.29, 0.717) is 26.2 Å². The van der Waals surface area contributed by atoms with Crippen molar-refractivity contribution in [1.29, 1.82) is 0 Å². The Balaban J connectivity index is 0.00000289. The summed E-state index contributed by atoms with van der Waals surface area (Å²) in [5, 5.41) is 3.39. The summed E-state index contributed by atoms with van der Waals surface area (Å²) in [6, 6.07) is 4.13. The second-order valence-electron chi connectivity index (χ2n) is 8.39. The van der Waals surface area contributed by atoms with Gasteiger partial charge in [-0.3, -0.25) is 4.79 Å². The van der Waals surface area contributed by atoms with Crippen LogP contribution in [0.5, 0.6) is 11.5 Å². The number of nitrogens with one attached hydrogen (secondary N) is 1. The number of halogens is 1. The molecule has 0 bridgehead atoms. The second kappa shape index (κ2) is 11.4. The summed E-state index contributed by atoms with van der Waals surface area (Å²) in [6.07, 6.45) is 2.68. The van der Waals surface area contributed by atoms with Gasteiger partial charge in [0.15, 0.2) is 5.96 Å². The van der Waals surface area contributed by atoms with Crippen LogP contribution in [0.3, 0.4) is 0 Å². The van der Waals surface area contributed by atoms with Crippen molar-refractivity contribution in [3.63, 3.8) is 0 Å². The van der Waals surface area contributed by atoms with E-state index in [-0.39, 0.29) is 42.1 Å². The van der Waals surface area contributed by atoms with Crippen molar-refractivity contribution in [3.8, 4) is 11.5 Å². The molecule has 32 heavy (non-hydrogen) atoms. The first kappa shape index (κ1) is 24.9. The highest BCUT2D eigenvalue weighted by Crippen LogP contribution is 2.35. The molecule has 4 rings (SSSR count). The molecule has 1 N–H and O–H groups in total. The number of benzene rings is 1. The molecule has 0 aliphatic carbocycles. The standard InChI is InChI=1S/C23H34N4O4.HI/c1-4-24-23(27-9-7-26(8-10-27)22(28)19-6-5-11-30-19)25-15-18-14-21-17(12-16(2)31-21)13-20(18)29-3;/h13-14,16,19H,4-12,15H2,1-3H3,(H,24,25);1H. The maximum atomic E-state index is 12.6. The maximum Gasteiger partial charge on any atom is 0.251 e. The van der Waals surface area contributed by atoms with Crippen molar-refractivity contribution in [2.75, 3.05) is 46.4 Å². The quantitative estimate of drug-likeness (QED) is 0.340. The molecular weight excluding hydrogens is 523 g/mol. The Bertz CT molecular complexity index is 820. The monoisotopic (exact) mass is 558 g/mol. The lowest BCUT2D eigenvalue weighted by Gasteiger charge is -2.37. The molecule has 3 heterocycles. The summed E-state index contributed by atoms with van der Waals surface area (Å²) in [5.41, 5.74) is 2.20. The van der Waals surface area contributed by atoms with Gasteiger partial charge in [0.05, 0.1) is 13.7 Å². The van der Waals surface area contributed by atoms with E-state index in [0.717, 1.165) is 61.9 Å². The Kier molecular flexibility index (Phi) is 8.87. The van der Waals surface area contributed by atoms with Crippen LogP contribution in [-0.4, -0.2) is 80.3 Å². The normalized spacial score (nSPS) is 22.8. The van der Waals surface area contributed by atoms with Crippen LogP contribution in [0, 0.1) is 0 Å². The largest absolute Gasteiger partial charge is 0.496 e. The molecule has 2 atom stereocenters. The van der Waals surface area contributed by atoms with Gasteiger partial charge in [0.2, 0.25) is 0 Å². The first-order valence-corrected chi connectivity index (χ1v) is 11.4. The summed E-state index contributed by atoms with van der Waals surface area (Å²) < 4.78 is 17.1. The minimum absolute atomic E-state index is 0. The van der Waals surface area contributed by atoms with Gasteiger partial charge in [-0.2, -0.15) is 0 Å². The Morgan fingerprint density at radius 3 is 2.66 bits per heavy atom. The number of carbonyl (C=O) groups is 1. The molecule has 2 unspecified atom stereocenters. The number of ether oxygens (including phenoxy) is 3. The van der Waals surface area contributed by atoms with Gasteiger partial charge >= 0.3 is 0 Å². The number of rotatable bonds is 5. The van der Waals surface area contributed by atoms with Gasteiger partial charge in [0.1, 0.15) is 23.7 Å². The van der Waals surface area contributed by atoms with Crippen molar-refractivity contribution in [2.45, 2.75) is 51.9 Å². The highest BCUT2D eigenvalue weighted by atomic mass is 127. The average Bonchev–Trinajstić information content (AvgIpc) is 3.44. The van der Waals surface area contributed by atoms with E-state index in [1.807, 2.05) is 4.90 Å². The van der Waals surface area contributed by atoms with E-state index in [2.05, 4.69) is 36.2 Å². The van der Waals surface area contributed by atoms with Crippen LogP contribution in [0.2, 0.25) is 0 Å². The molecule has 1 amide bonds. The van der Waals surface area contributed by atoms with E-state index in [9.17, 15) is 4.79 Å². The van der Waals surface area contributed by atoms with Crippen LogP contribution in [0.15, 0.2) is 17.1 Å². The fourth-order valence-corrected chi connectivity index (χ4v) is 4.50. The number of methoxy groups -OCH3 is 1. The lowest BCUT2D eigenvalue weighted by atomic mass is 10.1. The summed E-state index contributed by atoms with van der Waals surface area (Å²) >= 11 is 0. The third-order valence-corrected chi connectivity index (χ3v) is 6.13. The molecule has 2 saturated heterocycles. The molecule has 0 radical (unpaired) electrons. The molecule has 0 spiro atoms. The number of hydrogen-bond acceptors (Lipinski definition) is 5. The first-order chi connectivity index (χ1) is 15.1. The Labute approximate surface area is 207 Å². The van der Waals surface area contributed by atoms with Gasteiger partial charge in [-0.1, -0.05) is 0 Å². The lowest BCUT2D eigenvalue weighted by molar-refractivity contribution is -0.142. The predicted octanol–water partition coefficient (Wildman–Crippen LogP) is 2.43. The van der Waals surface area contributed by atoms with Gasteiger partial charge in [-0.25, -0.2) is 4.99 Å². The number of amides is 1. The molecule has 1 aromatic carbocycles. The van der Waals surface area contributed by atoms with Crippen LogP contribution in [-0.2, 0) is 22.5 Å². The van der Waals surface area contributed by atoms with E-state index >= 15 is 0 Å². The highest BCUT2D eigenvalue weighted by Gasteiger charge is 2.31. The highest BCUT2D eigenvalue weighted by molar-refractivity contribution is 14.0. The number of aliphatic imine (C=N–C) groups is 1. The number of fused-ring (bicyclic) bond motifs is 1. The predicted molar refractivity (Wildman–Crippen MR) is 134 cm³/mol. The summed E-state index contributed by atoms with van der Waals surface area (Å²) in [5.74, 6) is 2.78. The minimum atomic E-state index is -0.245. The summed E-state index contributed by atoms with van der Waals surface area (Å²) in [6.45, 7) is 9.03. The second-order valence-corrected chi connectivity index (χ2v) is 8.39. The van der Waals surface area contributed by atoms with Crippen LogP contribution >= 0.6 is 24.0 Å². The Morgan fingerprint density at radius 1 is 1.25 bits per heavy atom. The SMILES string of the molecule is CCNC(=NCc1cc2c(cc1OC)CC(C)O2)N1CCN(C(=O)C2CCCO2)CC1.I. The van der Waals surface area contributed by atoms with Crippen molar-refractivity contribution in [2.24, 2.45) is 4.99 Å². The topological polar surface area (TPSA) is 75.6 Å². The number of hydrogen-bond donors (Lipinski definition) is 1. The third-order valence-electron chi connectivity index (χ3n) is 6.13. The summed E-state index contributed by atoms with van der Waals surface area (Å²) in [4.78, 5) is 21.6. The molecule has 0 aromatic heterocycles. The summed E-state index contributed by atoms with van der Waals surface area (Å²) in [7, 11) is 1.70. The van der Waals surface area contributed by atoms with E-state index in [1.165, 1.54) is 5.56 Å². The maximum absolute atomic E-state index is 12.6. The molecular formula is C23H35IN4O4. The molecule has 178 valence electrons. The first-order valence-electron chi connectivity index (χ1n) is 11.4. The van der Waals surface area contributed by atoms with Crippen LogP contribution in [0.4, 0.5) is 0 Å². The molecule has 8 nitrogen and oxygen atoms in total. The average molecular weight is 558 g/mol. The third kappa shape index (κ3) is 5.59. The molecule has 1 aromatic rings. The van der Waals surface area contributed by atoms with Gasteiger partial charge in [0.25, 0.3) is 5.91 Å². The van der Waals surface area contributed by atoms with Crippen molar-refractivity contribution in [1.82, 2.24) is 15.1 Å². The molecule has 3 aliphatic heterocycles. The van der Waals surface area contributed by atoms with E-state index in [4.69, 9.17) is 19.2 Å². The number of carbonyl (C=O) groups excluding carboxylic acids is 1. The Morgan fingerprint density at radius 2 is 2.00 bits per heavy atom. The number of piperazine rings is 1. The number of nitrogens with zero attached hydrogens (tertiary/aromatic N) is 3. The number of guanidine groups is 1. The van der Waals surface area contributed by atoms with Gasteiger partial charge in [-0.15, -0.1) is 24.0 Å². The fraction of sp³-hybridized carbons (Fsp3) is 0.652. The zero-order valence-electron chi connectivity index (χ0n) is 19.3. The van der Waals surface area contributed by atoms with Gasteiger partial charge in [-0.05, 0) is 38.8 Å². The van der Waals surface area contributed by atoms with Crippen LogP contribution < -0.4 is 14.8 Å². The van der Waals surface area contributed by atoms with Crippen LogP contribution in [0.25, 0.3) is 0 Å². The van der Waals surface area contributed by atoms with Crippen molar-refractivity contribution in [3.05, 3.63) is 23.3 Å². The van der Waals surface area contributed by atoms with Crippen molar-refractivity contribution < 1.29 is 19.0 Å². The zero-order valence-corrected chi connectivity index (χ0v) is 21.6. The smallest absolute Gasteiger partial charge is 0.251 e. The fourth-order valence-electron chi connectivity index (χ4n) is 4.50. The van der Waals surface area contributed by atoms with Gasteiger partial charge in [0, 0.05) is 56.9 Å². The molecule has 9 heteroatoms. The van der Waals surface area contributed by atoms with Crippen LogP contribution in [0.1, 0.15) is 37.8 Å². The molecule has 3 aliphatic rings. The van der Waals surface area contributed by atoms with Crippen molar-refractivity contribution >= 4 is 35.8 Å². The molecule has 2 fully saturated rings. The van der Waals surface area contributed by atoms with Gasteiger partial charge < -0.3 is 29.3 Å².